The van der Waals surface area contributed by atoms with E-state index in [2.05, 4.69) is 32.4 Å². The third kappa shape index (κ3) is 7.09. The largest absolute Gasteiger partial charge is 0.497 e. The standard InChI is InChI=1S/C21H28ClN5O2.HI/c1-3-23-21(25-12-14-29-18-8-6-17(28-2)7-9-18)26-16-10-13-27(15-16)20-19(22)5-4-11-24-20;/h4-9,11,16H,3,10,12-15H2,1-2H3,(H2,23,25,26);1H. The van der Waals surface area contributed by atoms with Gasteiger partial charge in [0.05, 0.1) is 18.7 Å². The molecule has 3 rings (SSSR count). The molecule has 0 radical (unpaired) electrons. The summed E-state index contributed by atoms with van der Waals surface area (Å²) in [5.74, 6) is 3.25. The summed E-state index contributed by atoms with van der Waals surface area (Å²) in [4.78, 5) is 11.2. The highest BCUT2D eigenvalue weighted by Crippen LogP contribution is 2.25. The first-order valence-electron chi connectivity index (χ1n) is 9.86. The van der Waals surface area contributed by atoms with Crippen LogP contribution in [-0.4, -0.2) is 56.9 Å². The van der Waals surface area contributed by atoms with Gasteiger partial charge in [-0.05, 0) is 49.7 Å². The Labute approximate surface area is 200 Å². The first kappa shape index (κ1) is 24.3. The molecule has 0 saturated carbocycles. The zero-order chi connectivity index (χ0) is 20.5. The number of pyridine rings is 1. The molecule has 0 bridgehead atoms. The van der Waals surface area contributed by atoms with Crippen LogP contribution in [0, 0.1) is 0 Å². The number of halogens is 2. The van der Waals surface area contributed by atoms with E-state index in [4.69, 9.17) is 21.1 Å². The fourth-order valence-electron chi connectivity index (χ4n) is 3.19. The lowest BCUT2D eigenvalue weighted by Gasteiger charge is -2.20. The topological polar surface area (TPSA) is 71.0 Å². The highest BCUT2D eigenvalue weighted by Gasteiger charge is 2.25. The van der Waals surface area contributed by atoms with Crippen LogP contribution in [-0.2, 0) is 0 Å². The minimum absolute atomic E-state index is 0. The zero-order valence-corrected chi connectivity index (χ0v) is 20.4. The molecular formula is C21H29ClIN5O2. The molecule has 1 saturated heterocycles. The second kappa shape index (κ2) is 12.7. The molecule has 0 amide bonds. The number of hydrogen-bond donors (Lipinski definition) is 2. The summed E-state index contributed by atoms with van der Waals surface area (Å²) in [6, 6.07) is 11.5. The normalized spacial score (nSPS) is 16.0. The van der Waals surface area contributed by atoms with E-state index < -0.39 is 0 Å². The van der Waals surface area contributed by atoms with Gasteiger partial charge >= 0.3 is 0 Å². The van der Waals surface area contributed by atoms with Crippen LogP contribution in [0.25, 0.3) is 0 Å². The quantitative estimate of drug-likeness (QED) is 0.229. The van der Waals surface area contributed by atoms with Crippen LogP contribution in [0.2, 0.25) is 5.02 Å². The van der Waals surface area contributed by atoms with Crippen molar-refractivity contribution >= 4 is 47.4 Å². The van der Waals surface area contributed by atoms with Gasteiger partial charge in [-0.15, -0.1) is 24.0 Å². The van der Waals surface area contributed by atoms with Gasteiger partial charge in [-0.2, -0.15) is 0 Å². The molecule has 1 unspecified atom stereocenters. The number of benzene rings is 1. The molecular weight excluding hydrogens is 517 g/mol. The number of ether oxygens (including phenoxy) is 2. The molecule has 9 heteroatoms. The number of anilines is 1. The van der Waals surface area contributed by atoms with Gasteiger partial charge in [-0.1, -0.05) is 11.6 Å². The Morgan fingerprint density at radius 1 is 1.27 bits per heavy atom. The Hall–Kier alpha value is -1.94. The van der Waals surface area contributed by atoms with Crippen molar-refractivity contribution in [3.8, 4) is 11.5 Å². The van der Waals surface area contributed by atoms with E-state index in [0.29, 0.717) is 18.2 Å². The first-order valence-corrected chi connectivity index (χ1v) is 10.2. The average molecular weight is 546 g/mol. The molecule has 1 aliphatic rings. The van der Waals surface area contributed by atoms with Gasteiger partial charge in [-0.3, -0.25) is 0 Å². The predicted molar refractivity (Wildman–Crippen MR) is 133 cm³/mol. The first-order chi connectivity index (χ1) is 14.2. The van der Waals surface area contributed by atoms with Crippen LogP contribution in [0.15, 0.2) is 47.6 Å². The van der Waals surface area contributed by atoms with Gasteiger partial charge in [0.25, 0.3) is 0 Å². The molecule has 7 nitrogen and oxygen atoms in total. The molecule has 0 spiro atoms. The lowest BCUT2D eigenvalue weighted by atomic mass is 10.3. The minimum Gasteiger partial charge on any atom is -0.497 e. The van der Waals surface area contributed by atoms with Crippen LogP contribution in [0.4, 0.5) is 5.82 Å². The molecule has 1 aliphatic heterocycles. The molecule has 1 atom stereocenters. The Kier molecular flexibility index (Phi) is 10.3. The third-order valence-electron chi connectivity index (χ3n) is 4.60. The number of methoxy groups -OCH3 is 1. The second-order valence-electron chi connectivity index (χ2n) is 6.67. The Morgan fingerprint density at radius 2 is 2.03 bits per heavy atom. The van der Waals surface area contributed by atoms with E-state index >= 15 is 0 Å². The van der Waals surface area contributed by atoms with E-state index in [-0.39, 0.29) is 30.0 Å². The van der Waals surface area contributed by atoms with Crippen LogP contribution in [0.5, 0.6) is 11.5 Å². The second-order valence-corrected chi connectivity index (χ2v) is 7.08. The number of nitrogens with one attached hydrogen (secondary N) is 2. The van der Waals surface area contributed by atoms with E-state index in [1.807, 2.05) is 36.4 Å². The fraction of sp³-hybridized carbons (Fsp3) is 0.429. The molecule has 1 aromatic heterocycles. The van der Waals surface area contributed by atoms with Gasteiger partial charge in [0.1, 0.15) is 23.9 Å². The lowest BCUT2D eigenvalue weighted by molar-refractivity contribution is 0.327. The summed E-state index contributed by atoms with van der Waals surface area (Å²) in [5.41, 5.74) is 0. The van der Waals surface area contributed by atoms with Crippen molar-refractivity contribution < 1.29 is 9.47 Å². The number of guanidine groups is 1. The maximum absolute atomic E-state index is 6.28. The highest BCUT2D eigenvalue weighted by atomic mass is 127. The van der Waals surface area contributed by atoms with E-state index in [1.54, 1.807) is 13.3 Å². The maximum atomic E-state index is 6.28. The molecule has 30 heavy (non-hydrogen) atoms. The summed E-state index contributed by atoms with van der Waals surface area (Å²) >= 11 is 6.28. The van der Waals surface area contributed by atoms with Crippen LogP contribution >= 0.6 is 35.6 Å². The molecule has 164 valence electrons. The summed E-state index contributed by atoms with van der Waals surface area (Å²) in [6.45, 7) is 5.67. The van der Waals surface area contributed by atoms with E-state index in [1.165, 1.54) is 0 Å². The van der Waals surface area contributed by atoms with Crippen LogP contribution in [0.1, 0.15) is 13.3 Å². The molecule has 2 heterocycles. The van der Waals surface area contributed by atoms with Gasteiger partial charge in [-0.25, -0.2) is 9.98 Å². The average Bonchev–Trinajstić information content (AvgIpc) is 3.20. The van der Waals surface area contributed by atoms with Crippen molar-refractivity contribution in [2.45, 2.75) is 19.4 Å². The van der Waals surface area contributed by atoms with Gasteiger partial charge in [0.15, 0.2) is 5.96 Å². The maximum Gasteiger partial charge on any atom is 0.191 e. The summed E-state index contributed by atoms with van der Waals surface area (Å²) in [5, 5.41) is 7.48. The molecule has 0 aliphatic carbocycles. The summed E-state index contributed by atoms with van der Waals surface area (Å²) in [6.07, 6.45) is 2.77. The smallest absolute Gasteiger partial charge is 0.191 e. The van der Waals surface area contributed by atoms with Crippen molar-refractivity contribution in [2.24, 2.45) is 4.99 Å². The number of hydrogen-bond acceptors (Lipinski definition) is 5. The van der Waals surface area contributed by atoms with Gasteiger partial charge < -0.3 is 25.0 Å². The highest BCUT2D eigenvalue weighted by molar-refractivity contribution is 14.0. The van der Waals surface area contributed by atoms with Gasteiger partial charge in [0.2, 0.25) is 0 Å². The van der Waals surface area contributed by atoms with Crippen molar-refractivity contribution in [1.82, 2.24) is 15.6 Å². The lowest BCUT2D eigenvalue weighted by Crippen LogP contribution is -2.44. The van der Waals surface area contributed by atoms with E-state index in [9.17, 15) is 0 Å². The molecule has 1 aromatic carbocycles. The zero-order valence-electron chi connectivity index (χ0n) is 17.3. The number of aromatic nitrogens is 1. The predicted octanol–water partition coefficient (Wildman–Crippen LogP) is 3.57. The SMILES string of the molecule is CCNC(=NCCOc1ccc(OC)cc1)NC1CCN(c2ncccc2Cl)C1.I. The Balaban J connectivity index is 0.00000320. The number of nitrogens with zero attached hydrogens (tertiary/aromatic N) is 3. The number of rotatable bonds is 8. The van der Waals surface area contributed by atoms with Crippen molar-refractivity contribution in [1.29, 1.82) is 0 Å². The van der Waals surface area contributed by atoms with Crippen molar-refractivity contribution in [2.75, 3.05) is 44.8 Å². The minimum atomic E-state index is 0. The number of aliphatic imine (C=N–C) groups is 1. The third-order valence-corrected chi connectivity index (χ3v) is 4.90. The summed E-state index contributed by atoms with van der Waals surface area (Å²) < 4.78 is 10.9. The van der Waals surface area contributed by atoms with Crippen molar-refractivity contribution in [3.05, 3.63) is 47.6 Å². The molecule has 2 aromatic rings. The Bertz CT molecular complexity index is 806. The van der Waals surface area contributed by atoms with Crippen LogP contribution in [0.3, 0.4) is 0 Å². The molecule has 2 N–H and O–H groups in total. The van der Waals surface area contributed by atoms with Crippen LogP contribution < -0.4 is 25.0 Å². The van der Waals surface area contributed by atoms with E-state index in [0.717, 1.165) is 49.3 Å². The summed E-state index contributed by atoms with van der Waals surface area (Å²) in [7, 11) is 1.65. The molecule has 1 fully saturated rings. The monoisotopic (exact) mass is 545 g/mol. The van der Waals surface area contributed by atoms with Gasteiger partial charge in [0, 0.05) is 31.9 Å². The Morgan fingerprint density at radius 3 is 2.73 bits per heavy atom. The van der Waals surface area contributed by atoms with Crippen molar-refractivity contribution in [3.63, 3.8) is 0 Å². The fourth-order valence-corrected chi connectivity index (χ4v) is 3.43.